The first kappa shape index (κ1) is 15.5. The molecule has 1 aromatic heterocycles. The number of imidazole rings is 1. The normalized spacial score (nSPS) is 18.7. The minimum absolute atomic E-state index is 0.307. The molecular weight excluding hydrogens is 398 g/mol. The number of nitrogens with zero attached hydrogens (tertiary/aromatic N) is 3. The second-order valence-corrected chi connectivity index (χ2v) is 7.13. The maximum absolute atomic E-state index is 6.00. The van der Waals surface area contributed by atoms with Crippen LogP contribution in [0.15, 0.2) is 45.9 Å². The Labute approximate surface area is 158 Å². The molecule has 2 aliphatic heterocycles. The van der Waals surface area contributed by atoms with E-state index in [-0.39, 0.29) is 6.17 Å². The first-order valence-corrected chi connectivity index (χ1v) is 9.16. The summed E-state index contributed by atoms with van der Waals surface area (Å²) in [5.74, 6) is 2.44. The number of nitrogens with one attached hydrogen (secondary N) is 1. The van der Waals surface area contributed by atoms with Gasteiger partial charge in [0.25, 0.3) is 0 Å². The molecule has 26 heavy (non-hydrogen) atoms. The van der Waals surface area contributed by atoms with E-state index in [2.05, 4.69) is 31.2 Å². The van der Waals surface area contributed by atoms with E-state index in [1.54, 1.807) is 0 Å². The third kappa shape index (κ3) is 2.48. The van der Waals surface area contributed by atoms with E-state index < -0.39 is 0 Å². The summed E-state index contributed by atoms with van der Waals surface area (Å²) < 4.78 is 14.6. The molecule has 5 rings (SSSR count). The lowest BCUT2D eigenvalue weighted by Crippen LogP contribution is -2.31. The molecule has 0 bridgehead atoms. The fourth-order valence-electron chi connectivity index (χ4n) is 3.31. The number of aromatic nitrogens is 2. The zero-order chi connectivity index (χ0) is 17.7. The van der Waals surface area contributed by atoms with E-state index >= 15 is 0 Å². The van der Waals surface area contributed by atoms with E-state index in [1.807, 2.05) is 41.0 Å². The van der Waals surface area contributed by atoms with Gasteiger partial charge in [-0.25, -0.2) is 9.98 Å². The topological polar surface area (TPSA) is 86.7 Å². The Hall–Kier alpha value is -2.74. The molecule has 1 atom stereocenters. The van der Waals surface area contributed by atoms with Crippen molar-refractivity contribution in [2.24, 2.45) is 10.7 Å². The number of hydrogen-bond donors (Lipinski definition) is 2. The quantitative estimate of drug-likeness (QED) is 0.639. The number of benzene rings is 2. The summed E-state index contributed by atoms with van der Waals surface area (Å²) in [5.41, 5.74) is 8.74. The zero-order valence-electron chi connectivity index (χ0n) is 13.8. The van der Waals surface area contributed by atoms with Gasteiger partial charge in [0, 0.05) is 23.0 Å². The molecule has 0 unspecified atom stereocenters. The fraction of sp³-hybridized carbons (Fsp3) is 0.222. The van der Waals surface area contributed by atoms with Crippen LogP contribution < -0.4 is 20.5 Å². The van der Waals surface area contributed by atoms with E-state index in [1.165, 1.54) is 0 Å². The lowest BCUT2D eigenvalue weighted by molar-refractivity contribution is 0.297. The van der Waals surface area contributed by atoms with Crippen LogP contribution in [-0.2, 0) is 0 Å². The van der Waals surface area contributed by atoms with E-state index in [0.29, 0.717) is 25.1 Å². The number of guanidine groups is 1. The highest BCUT2D eigenvalue weighted by atomic mass is 79.9. The van der Waals surface area contributed by atoms with Gasteiger partial charge in [-0.1, -0.05) is 28.1 Å². The largest absolute Gasteiger partial charge is 0.489 e. The number of fused-ring (bicyclic) bond motifs is 4. The van der Waals surface area contributed by atoms with Gasteiger partial charge in [-0.05, 0) is 17.7 Å². The van der Waals surface area contributed by atoms with Crippen molar-refractivity contribution in [3.05, 3.63) is 46.4 Å². The SMILES string of the molecule is NC1=N[C@H](c2cccc(Br)c2)n2c(nc3cc4c(cc32)OCCCO4)N1. The summed E-state index contributed by atoms with van der Waals surface area (Å²) >= 11 is 3.53. The van der Waals surface area contributed by atoms with Crippen LogP contribution in [0.25, 0.3) is 11.0 Å². The zero-order valence-corrected chi connectivity index (χ0v) is 15.4. The van der Waals surface area contributed by atoms with Crippen molar-refractivity contribution < 1.29 is 9.47 Å². The first-order chi connectivity index (χ1) is 12.7. The molecule has 0 saturated carbocycles. The lowest BCUT2D eigenvalue weighted by atomic mass is 10.1. The van der Waals surface area contributed by atoms with Gasteiger partial charge < -0.3 is 15.2 Å². The Morgan fingerprint density at radius 1 is 1.15 bits per heavy atom. The van der Waals surface area contributed by atoms with Crippen molar-refractivity contribution in [1.29, 1.82) is 0 Å². The van der Waals surface area contributed by atoms with Gasteiger partial charge in [0.05, 0.1) is 24.2 Å². The van der Waals surface area contributed by atoms with E-state index in [0.717, 1.165) is 39.0 Å². The average molecular weight is 414 g/mol. The van der Waals surface area contributed by atoms with Crippen LogP contribution in [0.3, 0.4) is 0 Å². The first-order valence-electron chi connectivity index (χ1n) is 8.36. The Morgan fingerprint density at radius 2 is 1.96 bits per heavy atom. The standard InChI is InChI=1S/C18H16BrN5O2/c19-11-4-1-3-10(7-11)16-22-17(20)23-18-21-12-8-14-15(9-13(12)24(16)18)26-6-2-5-25-14/h1,3-4,7-9,16H,2,5-6H2,(H3,20,21,22,23)/t16-/m0/s1. The van der Waals surface area contributed by atoms with Gasteiger partial charge in [0.1, 0.15) is 0 Å². The number of hydrogen-bond acceptors (Lipinski definition) is 6. The van der Waals surface area contributed by atoms with Crippen molar-refractivity contribution in [2.75, 3.05) is 18.5 Å². The third-order valence-corrected chi connectivity index (χ3v) is 4.94. The predicted octanol–water partition coefficient (Wildman–Crippen LogP) is 3.25. The van der Waals surface area contributed by atoms with Crippen LogP contribution in [0, 0.1) is 0 Å². The molecule has 7 nitrogen and oxygen atoms in total. The van der Waals surface area contributed by atoms with Crippen LogP contribution in [-0.4, -0.2) is 28.7 Å². The van der Waals surface area contributed by atoms with Crippen molar-refractivity contribution >= 4 is 38.9 Å². The molecule has 8 heteroatoms. The van der Waals surface area contributed by atoms with E-state index in [4.69, 9.17) is 15.2 Å². The Balaban J connectivity index is 1.72. The summed E-state index contributed by atoms with van der Waals surface area (Å²) in [7, 11) is 0. The average Bonchev–Trinajstić information content (AvgIpc) is 2.81. The Morgan fingerprint density at radius 3 is 2.77 bits per heavy atom. The van der Waals surface area contributed by atoms with Gasteiger partial charge in [0.2, 0.25) is 5.95 Å². The van der Waals surface area contributed by atoms with Gasteiger partial charge in [-0.2, -0.15) is 0 Å². The highest BCUT2D eigenvalue weighted by Crippen LogP contribution is 2.39. The third-order valence-electron chi connectivity index (χ3n) is 4.45. The monoisotopic (exact) mass is 413 g/mol. The molecule has 0 fully saturated rings. The molecule has 0 spiro atoms. The molecule has 0 amide bonds. The van der Waals surface area contributed by atoms with Crippen molar-refractivity contribution in [3.63, 3.8) is 0 Å². The summed E-state index contributed by atoms with van der Waals surface area (Å²) in [6.45, 7) is 1.28. The number of halogens is 1. The molecule has 3 aromatic rings. The lowest BCUT2D eigenvalue weighted by Gasteiger charge is -2.24. The van der Waals surface area contributed by atoms with Crippen LogP contribution in [0.1, 0.15) is 18.2 Å². The van der Waals surface area contributed by atoms with Gasteiger partial charge in [-0.15, -0.1) is 0 Å². The maximum atomic E-state index is 6.00. The minimum Gasteiger partial charge on any atom is -0.489 e. The second-order valence-electron chi connectivity index (χ2n) is 6.21. The van der Waals surface area contributed by atoms with Crippen molar-refractivity contribution in [2.45, 2.75) is 12.6 Å². The molecule has 0 aliphatic carbocycles. The molecule has 132 valence electrons. The molecule has 3 heterocycles. The summed E-state index contributed by atoms with van der Waals surface area (Å²) in [5, 5.41) is 3.05. The highest BCUT2D eigenvalue weighted by Gasteiger charge is 2.27. The van der Waals surface area contributed by atoms with Gasteiger partial charge in [-0.3, -0.25) is 9.88 Å². The summed E-state index contributed by atoms with van der Waals surface area (Å²) in [6.07, 6.45) is 0.555. The number of ether oxygens (including phenoxy) is 2. The van der Waals surface area contributed by atoms with Crippen LogP contribution in [0.5, 0.6) is 11.5 Å². The number of anilines is 1. The summed E-state index contributed by atoms with van der Waals surface area (Å²) in [4.78, 5) is 9.29. The molecule has 0 saturated heterocycles. The molecule has 2 aromatic carbocycles. The second kappa shape index (κ2) is 5.91. The molecule has 0 radical (unpaired) electrons. The fourth-order valence-corrected chi connectivity index (χ4v) is 3.73. The number of nitrogens with two attached hydrogens (primary N) is 1. The van der Waals surface area contributed by atoms with Crippen LogP contribution in [0.4, 0.5) is 5.95 Å². The predicted molar refractivity (Wildman–Crippen MR) is 103 cm³/mol. The van der Waals surface area contributed by atoms with Crippen molar-refractivity contribution in [3.8, 4) is 11.5 Å². The number of aliphatic imine (C=N–C) groups is 1. The van der Waals surface area contributed by atoms with Gasteiger partial charge in [0.15, 0.2) is 23.6 Å². The van der Waals surface area contributed by atoms with Crippen LogP contribution in [0.2, 0.25) is 0 Å². The smallest absolute Gasteiger partial charge is 0.212 e. The molecule has 3 N–H and O–H groups in total. The molecule has 2 aliphatic rings. The van der Waals surface area contributed by atoms with Gasteiger partial charge >= 0.3 is 0 Å². The maximum Gasteiger partial charge on any atom is 0.212 e. The van der Waals surface area contributed by atoms with Crippen LogP contribution >= 0.6 is 15.9 Å². The van der Waals surface area contributed by atoms with E-state index in [9.17, 15) is 0 Å². The number of rotatable bonds is 1. The highest BCUT2D eigenvalue weighted by molar-refractivity contribution is 9.10. The minimum atomic E-state index is -0.307. The Bertz CT molecular complexity index is 1050. The summed E-state index contributed by atoms with van der Waals surface area (Å²) in [6, 6.07) is 11.9. The van der Waals surface area contributed by atoms with Crippen molar-refractivity contribution in [1.82, 2.24) is 9.55 Å². The molecular formula is C18H16BrN5O2. The Kier molecular flexibility index (Phi) is 3.53.